The Morgan fingerprint density at radius 2 is 1.59 bits per heavy atom. The molecule has 0 aromatic heterocycles. The summed E-state index contributed by atoms with van der Waals surface area (Å²) >= 11 is 0. The standard InChI is InChI=1S/C18H28O4/c1-13-10-18(21-8-9-22-18)12-14-4-5-15(11-16(13,14)2)17(3)19-6-7-20-17/h4,13,15H,5-12H2,1-3H3/t13-,15-,16+/m1/s1. The number of allylic oxidation sites excluding steroid dienone is 1. The number of ether oxygens (including phenoxy) is 4. The van der Waals surface area contributed by atoms with Crippen LogP contribution < -0.4 is 0 Å². The predicted octanol–water partition coefficient (Wildman–Crippen LogP) is 3.27. The van der Waals surface area contributed by atoms with Crippen molar-refractivity contribution in [2.45, 2.75) is 58.0 Å². The second-order valence-electron chi connectivity index (χ2n) is 7.89. The molecule has 3 fully saturated rings. The van der Waals surface area contributed by atoms with Crippen LogP contribution in [0.5, 0.6) is 0 Å². The van der Waals surface area contributed by atoms with Gasteiger partial charge in [-0.25, -0.2) is 0 Å². The molecule has 4 nitrogen and oxygen atoms in total. The first-order valence-corrected chi connectivity index (χ1v) is 8.71. The van der Waals surface area contributed by atoms with Gasteiger partial charge in [0, 0.05) is 18.8 Å². The first kappa shape index (κ1) is 15.1. The molecule has 124 valence electrons. The van der Waals surface area contributed by atoms with E-state index in [1.165, 1.54) is 5.57 Å². The minimum atomic E-state index is -0.403. The monoisotopic (exact) mass is 308 g/mol. The summed E-state index contributed by atoms with van der Waals surface area (Å²) < 4.78 is 23.8. The molecule has 4 rings (SSSR count). The quantitative estimate of drug-likeness (QED) is 0.697. The second kappa shape index (κ2) is 5.04. The number of hydrogen-bond donors (Lipinski definition) is 0. The van der Waals surface area contributed by atoms with Crippen molar-refractivity contribution in [1.29, 1.82) is 0 Å². The molecule has 2 heterocycles. The minimum Gasteiger partial charge on any atom is -0.348 e. The summed E-state index contributed by atoms with van der Waals surface area (Å²) in [5.41, 5.74) is 1.73. The van der Waals surface area contributed by atoms with Crippen LogP contribution in [0.25, 0.3) is 0 Å². The Kier molecular flexibility index (Phi) is 3.46. The number of rotatable bonds is 1. The molecule has 4 heteroatoms. The largest absolute Gasteiger partial charge is 0.348 e. The Bertz CT molecular complexity index is 473. The van der Waals surface area contributed by atoms with E-state index < -0.39 is 5.79 Å². The summed E-state index contributed by atoms with van der Waals surface area (Å²) in [6.07, 6.45) is 6.51. The Morgan fingerprint density at radius 1 is 0.955 bits per heavy atom. The summed E-state index contributed by atoms with van der Waals surface area (Å²) in [7, 11) is 0. The fourth-order valence-corrected chi connectivity index (χ4v) is 4.97. The van der Waals surface area contributed by atoms with Crippen molar-refractivity contribution in [3.05, 3.63) is 11.6 Å². The molecule has 0 unspecified atom stereocenters. The van der Waals surface area contributed by atoms with E-state index in [4.69, 9.17) is 18.9 Å². The van der Waals surface area contributed by atoms with Gasteiger partial charge in [-0.05, 0) is 31.1 Å². The fourth-order valence-electron chi connectivity index (χ4n) is 4.97. The van der Waals surface area contributed by atoms with Crippen LogP contribution in [0.3, 0.4) is 0 Å². The Morgan fingerprint density at radius 3 is 2.27 bits per heavy atom. The molecule has 0 amide bonds. The lowest BCUT2D eigenvalue weighted by Gasteiger charge is -2.53. The summed E-state index contributed by atoms with van der Waals surface area (Å²) in [6.45, 7) is 9.79. The summed E-state index contributed by atoms with van der Waals surface area (Å²) in [5, 5.41) is 0. The van der Waals surface area contributed by atoms with E-state index in [0.29, 0.717) is 11.8 Å². The normalized spacial score (nSPS) is 43.1. The van der Waals surface area contributed by atoms with Gasteiger partial charge in [0.1, 0.15) is 0 Å². The van der Waals surface area contributed by atoms with E-state index in [2.05, 4.69) is 26.8 Å². The van der Waals surface area contributed by atoms with Gasteiger partial charge in [-0.1, -0.05) is 25.5 Å². The lowest BCUT2D eigenvalue weighted by Crippen LogP contribution is -2.50. The van der Waals surface area contributed by atoms with Gasteiger partial charge >= 0.3 is 0 Å². The van der Waals surface area contributed by atoms with Crippen LogP contribution in [0.4, 0.5) is 0 Å². The molecule has 2 aliphatic carbocycles. The van der Waals surface area contributed by atoms with E-state index in [1.807, 2.05) is 0 Å². The fraction of sp³-hybridized carbons (Fsp3) is 0.889. The van der Waals surface area contributed by atoms with Crippen molar-refractivity contribution < 1.29 is 18.9 Å². The molecule has 0 radical (unpaired) electrons. The summed E-state index contributed by atoms with van der Waals surface area (Å²) in [6, 6.07) is 0. The third-order valence-corrected chi connectivity index (χ3v) is 6.63. The van der Waals surface area contributed by atoms with Crippen LogP contribution in [-0.2, 0) is 18.9 Å². The summed E-state index contributed by atoms with van der Waals surface area (Å²) in [5.74, 6) is 0.228. The highest BCUT2D eigenvalue weighted by Crippen LogP contribution is 2.58. The number of fused-ring (bicyclic) bond motifs is 1. The highest BCUT2D eigenvalue weighted by Gasteiger charge is 2.55. The second-order valence-corrected chi connectivity index (χ2v) is 7.89. The van der Waals surface area contributed by atoms with Crippen molar-refractivity contribution in [2.75, 3.05) is 26.4 Å². The maximum absolute atomic E-state index is 5.98. The lowest BCUT2D eigenvalue weighted by molar-refractivity contribution is -0.208. The van der Waals surface area contributed by atoms with E-state index in [0.717, 1.165) is 52.1 Å². The van der Waals surface area contributed by atoms with Crippen LogP contribution >= 0.6 is 0 Å². The van der Waals surface area contributed by atoms with Crippen molar-refractivity contribution >= 4 is 0 Å². The van der Waals surface area contributed by atoms with Gasteiger partial charge in [-0.2, -0.15) is 0 Å². The molecule has 0 bridgehead atoms. The molecular weight excluding hydrogens is 280 g/mol. The molecule has 2 saturated heterocycles. The van der Waals surface area contributed by atoms with Crippen LogP contribution in [0.15, 0.2) is 11.6 Å². The zero-order valence-corrected chi connectivity index (χ0v) is 14.0. The van der Waals surface area contributed by atoms with Crippen LogP contribution in [-0.4, -0.2) is 38.0 Å². The van der Waals surface area contributed by atoms with Gasteiger partial charge in [-0.3, -0.25) is 0 Å². The predicted molar refractivity (Wildman–Crippen MR) is 82.3 cm³/mol. The topological polar surface area (TPSA) is 36.9 Å². The molecule has 0 aromatic rings. The first-order chi connectivity index (χ1) is 10.5. The highest BCUT2D eigenvalue weighted by molar-refractivity contribution is 5.25. The first-order valence-electron chi connectivity index (χ1n) is 8.71. The van der Waals surface area contributed by atoms with Gasteiger partial charge in [0.2, 0.25) is 0 Å². The van der Waals surface area contributed by atoms with E-state index >= 15 is 0 Å². The van der Waals surface area contributed by atoms with Crippen LogP contribution in [0, 0.1) is 17.3 Å². The maximum atomic E-state index is 5.98. The molecule has 0 aromatic carbocycles. The number of hydrogen-bond acceptors (Lipinski definition) is 4. The molecule has 4 aliphatic rings. The van der Waals surface area contributed by atoms with Crippen molar-refractivity contribution in [3.63, 3.8) is 0 Å². The van der Waals surface area contributed by atoms with Crippen molar-refractivity contribution in [1.82, 2.24) is 0 Å². The van der Waals surface area contributed by atoms with E-state index in [9.17, 15) is 0 Å². The van der Waals surface area contributed by atoms with E-state index in [1.54, 1.807) is 0 Å². The average Bonchev–Trinajstić information content (AvgIpc) is 3.11. The van der Waals surface area contributed by atoms with Gasteiger partial charge in [0.05, 0.1) is 26.4 Å². The van der Waals surface area contributed by atoms with Gasteiger partial charge in [0.25, 0.3) is 0 Å². The van der Waals surface area contributed by atoms with Crippen molar-refractivity contribution in [2.24, 2.45) is 17.3 Å². The molecule has 0 N–H and O–H groups in total. The molecule has 3 atom stereocenters. The van der Waals surface area contributed by atoms with Crippen LogP contribution in [0.1, 0.15) is 46.5 Å². The van der Waals surface area contributed by atoms with Gasteiger partial charge < -0.3 is 18.9 Å². The summed E-state index contributed by atoms with van der Waals surface area (Å²) in [4.78, 5) is 0. The molecule has 2 aliphatic heterocycles. The Hall–Kier alpha value is -0.420. The zero-order valence-electron chi connectivity index (χ0n) is 14.0. The SMILES string of the molecule is C[C@@H]1CC2(CC3=CC[C@@H](C4(C)OCCO4)C[C@]31C)OCCO2. The van der Waals surface area contributed by atoms with Gasteiger partial charge in [-0.15, -0.1) is 0 Å². The van der Waals surface area contributed by atoms with Gasteiger partial charge in [0.15, 0.2) is 11.6 Å². The third kappa shape index (κ3) is 2.19. The van der Waals surface area contributed by atoms with Crippen molar-refractivity contribution in [3.8, 4) is 0 Å². The third-order valence-electron chi connectivity index (χ3n) is 6.63. The molecule has 1 spiro atoms. The Balaban J connectivity index is 1.60. The maximum Gasteiger partial charge on any atom is 0.172 e. The smallest absolute Gasteiger partial charge is 0.172 e. The van der Waals surface area contributed by atoms with Crippen LogP contribution in [0.2, 0.25) is 0 Å². The highest BCUT2D eigenvalue weighted by atomic mass is 16.7. The zero-order chi connectivity index (χ0) is 15.4. The molecule has 1 saturated carbocycles. The minimum absolute atomic E-state index is 0.210. The average molecular weight is 308 g/mol. The molecular formula is C18H28O4. The molecule has 22 heavy (non-hydrogen) atoms. The Labute approximate surface area is 133 Å². The lowest BCUT2D eigenvalue weighted by atomic mass is 9.56. The van der Waals surface area contributed by atoms with E-state index in [-0.39, 0.29) is 11.2 Å².